The van der Waals surface area contributed by atoms with E-state index >= 15 is 0 Å². The number of carboxylic acids is 1. The number of carboxylic acid groups (broad SMARTS) is 1. The summed E-state index contributed by atoms with van der Waals surface area (Å²) in [6, 6.07) is 3.94. The number of aromatic carboxylic acids is 1. The topological polar surface area (TPSA) is 53.4 Å². The highest BCUT2D eigenvalue weighted by molar-refractivity contribution is 5.87. The third kappa shape index (κ3) is 1.93. The third-order valence-corrected chi connectivity index (χ3v) is 2.98. The quantitative estimate of drug-likeness (QED) is 0.818. The molecule has 1 aromatic heterocycles. The molecule has 1 aromatic rings. The number of aromatic nitrogens is 1. The van der Waals surface area contributed by atoms with E-state index in [4.69, 9.17) is 5.11 Å². The molecule has 80 valence electrons. The van der Waals surface area contributed by atoms with Crippen LogP contribution in [0.25, 0.3) is 0 Å². The zero-order chi connectivity index (χ0) is 10.8. The van der Waals surface area contributed by atoms with Crippen LogP contribution in [0.5, 0.6) is 0 Å². The van der Waals surface area contributed by atoms with Gasteiger partial charge in [0.1, 0.15) is 5.82 Å². The summed E-state index contributed by atoms with van der Waals surface area (Å²) in [6.45, 7) is 0. The van der Waals surface area contributed by atoms with E-state index in [1.807, 2.05) is 7.05 Å². The molecule has 0 bridgehead atoms. The maximum Gasteiger partial charge on any atom is 0.337 e. The lowest BCUT2D eigenvalue weighted by Gasteiger charge is -2.35. The third-order valence-electron chi connectivity index (χ3n) is 2.98. The fourth-order valence-corrected chi connectivity index (χ4v) is 1.68. The monoisotopic (exact) mass is 206 g/mol. The van der Waals surface area contributed by atoms with Gasteiger partial charge in [-0.15, -0.1) is 0 Å². The van der Waals surface area contributed by atoms with Crippen molar-refractivity contribution in [2.75, 3.05) is 11.9 Å². The van der Waals surface area contributed by atoms with Crippen molar-refractivity contribution in [3.8, 4) is 0 Å². The molecule has 1 saturated carbocycles. The van der Waals surface area contributed by atoms with Gasteiger partial charge in [-0.3, -0.25) is 0 Å². The first kappa shape index (κ1) is 9.96. The van der Waals surface area contributed by atoms with Gasteiger partial charge < -0.3 is 10.0 Å². The summed E-state index contributed by atoms with van der Waals surface area (Å²) in [6.07, 6.45) is 5.10. The maximum absolute atomic E-state index is 10.6. The van der Waals surface area contributed by atoms with Crippen LogP contribution in [-0.2, 0) is 0 Å². The summed E-state index contributed by atoms with van der Waals surface area (Å²) in [5.74, 6) is -0.0787. The first-order chi connectivity index (χ1) is 7.18. The Morgan fingerprint density at radius 1 is 1.53 bits per heavy atom. The summed E-state index contributed by atoms with van der Waals surface area (Å²) >= 11 is 0. The Labute approximate surface area is 88.6 Å². The average molecular weight is 206 g/mol. The minimum atomic E-state index is -0.930. The molecule has 0 aromatic carbocycles. The fraction of sp³-hybridized carbons (Fsp3) is 0.455. The maximum atomic E-state index is 10.6. The Balaban J connectivity index is 2.11. The van der Waals surface area contributed by atoms with Crippen LogP contribution in [0.4, 0.5) is 5.82 Å². The van der Waals surface area contributed by atoms with Crippen LogP contribution in [0.2, 0.25) is 0 Å². The SMILES string of the molecule is CN(c1ccc(C(=O)O)cn1)C1CCC1. The highest BCUT2D eigenvalue weighted by Crippen LogP contribution is 2.26. The molecule has 0 unspecified atom stereocenters. The summed E-state index contributed by atoms with van der Waals surface area (Å²) < 4.78 is 0. The normalized spacial score (nSPS) is 15.8. The number of carbonyl (C=O) groups is 1. The molecule has 1 aliphatic rings. The molecule has 15 heavy (non-hydrogen) atoms. The van der Waals surface area contributed by atoms with Gasteiger partial charge in [-0.1, -0.05) is 0 Å². The van der Waals surface area contributed by atoms with Gasteiger partial charge >= 0.3 is 5.97 Å². The Morgan fingerprint density at radius 3 is 2.67 bits per heavy atom. The first-order valence-electron chi connectivity index (χ1n) is 5.10. The zero-order valence-corrected chi connectivity index (χ0v) is 8.68. The van der Waals surface area contributed by atoms with E-state index < -0.39 is 5.97 Å². The second-order valence-corrected chi connectivity index (χ2v) is 3.91. The van der Waals surface area contributed by atoms with Crippen LogP contribution in [0.15, 0.2) is 18.3 Å². The molecule has 4 heteroatoms. The van der Waals surface area contributed by atoms with E-state index in [0.29, 0.717) is 6.04 Å². The highest BCUT2D eigenvalue weighted by Gasteiger charge is 2.22. The van der Waals surface area contributed by atoms with Gasteiger partial charge in [0.25, 0.3) is 0 Å². The van der Waals surface area contributed by atoms with Crippen molar-refractivity contribution >= 4 is 11.8 Å². The minimum Gasteiger partial charge on any atom is -0.478 e. The van der Waals surface area contributed by atoms with Crippen LogP contribution < -0.4 is 4.90 Å². The Bertz CT molecular complexity index is 357. The molecule has 0 atom stereocenters. The summed E-state index contributed by atoms with van der Waals surface area (Å²) in [4.78, 5) is 16.9. The molecule has 0 radical (unpaired) electrons. The van der Waals surface area contributed by atoms with Gasteiger partial charge in [-0.25, -0.2) is 9.78 Å². The van der Waals surface area contributed by atoms with Crippen LogP contribution in [0.3, 0.4) is 0 Å². The summed E-state index contributed by atoms with van der Waals surface area (Å²) in [5.41, 5.74) is 0.237. The van der Waals surface area contributed by atoms with Crippen LogP contribution in [0, 0.1) is 0 Å². The lowest BCUT2D eigenvalue weighted by molar-refractivity contribution is 0.0696. The molecule has 1 heterocycles. The fourth-order valence-electron chi connectivity index (χ4n) is 1.68. The van der Waals surface area contributed by atoms with Crippen molar-refractivity contribution in [3.63, 3.8) is 0 Å². The van der Waals surface area contributed by atoms with Crippen molar-refractivity contribution in [2.24, 2.45) is 0 Å². The molecule has 0 amide bonds. The molecule has 2 rings (SSSR count). The number of hydrogen-bond donors (Lipinski definition) is 1. The molecule has 0 aliphatic heterocycles. The molecule has 1 aliphatic carbocycles. The van der Waals surface area contributed by atoms with E-state index in [9.17, 15) is 4.79 Å². The largest absolute Gasteiger partial charge is 0.478 e. The standard InChI is InChI=1S/C11H14N2O2/c1-13(9-3-2-4-9)10-6-5-8(7-12-10)11(14)15/h5-7,9H,2-4H2,1H3,(H,14,15). The van der Waals surface area contributed by atoms with Crippen molar-refractivity contribution in [3.05, 3.63) is 23.9 Å². The van der Waals surface area contributed by atoms with E-state index in [1.165, 1.54) is 25.5 Å². The van der Waals surface area contributed by atoms with Gasteiger partial charge in [-0.05, 0) is 31.4 Å². The number of rotatable bonds is 3. The predicted octanol–water partition coefficient (Wildman–Crippen LogP) is 1.77. The van der Waals surface area contributed by atoms with Crippen molar-refractivity contribution < 1.29 is 9.90 Å². The van der Waals surface area contributed by atoms with E-state index in [0.717, 1.165) is 5.82 Å². The lowest BCUT2D eigenvalue weighted by atomic mass is 9.92. The molecular formula is C11H14N2O2. The van der Waals surface area contributed by atoms with Gasteiger partial charge in [0, 0.05) is 19.3 Å². The smallest absolute Gasteiger partial charge is 0.337 e. The zero-order valence-electron chi connectivity index (χ0n) is 8.68. The average Bonchev–Trinajstić information content (AvgIpc) is 2.15. The number of hydrogen-bond acceptors (Lipinski definition) is 3. The Kier molecular flexibility index (Phi) is 2.58. The van der Waals surface area contributed by atoms with E-state index in [-0.39, 0.29) is 5.56 Å². The van der Waals surface area contributed by atoms with Gasteiger partial charge in [0.2, 0.25) is 0 Å². The molecule has 0 saturated heterocycles. The van der Waals surface area contributed by atoms with E-state index in [2.05, 4.69) is 9.88 Å². The number of nitrogens with zero attached hydrogens (tertiary/aromatic N) is 2. The molecule has 4 nitrogen and oxygen atoms in total. The van der Waals surface area contributed by atoms with Gasteiger partial charge in [-0.2, -0.15) is 0 Å². The van der Waals surface area contributed by atoms with E-state index in [1.54, 1.807) is 12.1 Å². The predicted molar refractivity (Wildman–Crippen MR) is 57.2 cm³/mol. The first-order valence-corrected chi connectivity index (χ1v) is 5.10. The molecular weight excluding hydrogens is 192 g/mol. The van der Waals surface area contributed by atoms with Crippen LogP contribution in [0.1, 0.15) is 29.6 Å². The lowest BCUT2D eigenvalue weighted by Crippen LogP contribution is -2.37. The summed E-state index contributed by atoms with van der Waals surface area (Å²) in [7, 11) is 2.01. The highest BCUT2D eigenvalue weighted by atomic mass is 16.4. The van der Waals surface area contributed by atoms with Gasteiger partial charge in [0.05, 0.1) is 5.56 Å². The van der Waals surface area contributed by atoms with Crippen LogP contribution in [-0.4, -0.2) is 29.1 Å². The Hall–Kier alpha value is -1.58. The second kappa shape index (κ2) is 3.88. The second-order valence-electron chi connectivity index (χ2n) is 3.91. The molecule has 1 fully saturated rings. The van der Waals surface area contributed by atoms with Crippen molar-refractivity contribution in [1.29, 1.82) is 0 Å². The van der Waals surface area contributed by atoms with Gasteiger partial charge in [0.15, 0.2) is 0 Å². The number of pyridine rings is 1. The van der Waals surface area contributed by atoms with Crippen molar-refractivity contribution in [1.82, 2.24) is 4.98 Å². The minimum absolute atomic E-state index is 0.237. The summed E-state index contributed by atoms with van der Waals surface area (Å²) in [5, 5.41) is 8.73. The molecule has 1 N–H and O–H groups in total. The number of anilines is 1. The van der Waals surface area contributed by atoms with Crippen molar-refractivity contribution in [2.45, 2.75) is 25.3 Å². The van der Waals surface area contributed by atoms with Crippen LogP contribution >= 0.6 is 0 Å². The Morgan fingerprint density at radius 2 is 2.27 bits per heavy atom. The molecule has 0 spiro atoms.